The van der Waals surface area contributed by atoms with Crippen LogP contribution in [0.1, 0.15) is 5.56 Å². The van der Waals surface area contributed by atoms with Gasteiger partial charge in [-0.2, -0.15) is 0 Å². The van der Waals surface area contributed by atoms with Crippen LogP contribution >= 0.6 is 23.5 Å². The van der Waals surface area contributed by atoms with Crippen molar-refractivity contribution in [1.82, 2.24) is 0 Å². The Balaban J connectivity index is 2.65. The molecule has 3 aromatic carbocycles. The van der Waals surface area contributed by atoms with Gasteiger partial charge in [-0.1, -0.05) is 42.5 Å². The molecule has 0 heterocycles. The molecular weight excluding hydrogens is 268 g/mol. The van der Waals surface area contributed by atoms with E-state index in [-0.39, 0.29) is 0 Å². The van der Waals surface area contributed by atoms with Crippen LogP contribution in [0.4, 0.5) is 0 Å². The molecule has 0 aliphatic rings. The van der Waals surface area contributed by atoms with E-state index >= 15 is 0 Å². The third-order valence-corrected chi connectivity index (χ3v) is 5.35. The molecule has 0 fully saturated rings. The zero-order chi connectivity index (χ0) is 13.4. The molecule has 2 heteroatoms. The second-order valence-corrected chi connectivity index (χ2v) is 6.24. The summed E-state index contributed by atoms with van der Waals surface area (Å²) in [6.45, 7) is 2.21. The largest absolute Gasteiger partial charge is 0.128 e. The number of hydrogen-bond donors (Lipinski definition) is 0. The molecule has 0 unspecified atom stereocenters. The molecule has 19 heavy (non-hydrogen) atoms. The van der Waals surface area contributed by atoms with Crippen LogP contribution in [-0.2, 0) is 0 Å². The van der Waals surface area contributed by atoms with E-state index in [2.05, 4.69) is 61.9 Å². The summed E-state index contributed by atoms with van der Waals surface area (Å²) in [5, 5.41) is 5.52. The predicted molar refractivity (Wildman–Crippen MR) is 89.8 cm³/mol. The average Bonchev–Trinajstić information content (AvgIpc) is 2.46. The van der Waals surface area contributed by atoms with Crippen LogP contribution in [0, 0.1) is 6.92 Å². The highest BCUT2D eigenvalue weighted by Crippen LogP contribution is 2.42. The molecule has 0 atom stereocenters. The third kappa shape index (κ3) is 1.94. The molecule has 0 N–H and O–H groups in total. The zero-order valence-electron chi connectivity index (χ0n) is 11.4. The Hall–Kier alpha value is -1.12. The first-order chi connectivity index (χ1) is 9.27. The van der Waals surface area contributed by atoms with Crippen molar-refractivity contribution in [3.8, 4) is 0 Å². The molecule has 0 bridgehead atoms. The van der Waals surface area contributed by atoms with Gasteiger partial charge in [0.2, 0.25) is 0 Å². The van der Waals surface area contributed by atoms with Crippen molar-refractivity contribution < 1.29 is 0 Å². The van der Waals surface area contributed by atoms with Gasteiger partial charge < -0.3 is 0 Å². The van der Waals surface area contributed by atoms with Crippen LogP contribution in [0.15, 0.2) is 52.3 Å². The molecule has 3 aromatic rings. The Bertz CT molecular complexity index is 760. The number of hydrogen-bond acceptors (Lipinski definition) is 2. The quantitative estimate of drug-likeness (QED) is 0.434. The SMILES string of the molecule is CSc1c(SC)c2c(C)cccc2c2ccccc12. The van der Waals surface area contributed by atoms with Gasteiger partial charge in [0.05, 0.1) is 0 Å². The first-order valence-electron chi connectivity index (χ1n) is 6.30. The Morgan fingerprint density at radius 2 is 1.32 bits per heavy atom. The summed E-state index contributed by atoms with van der Waals surface area (Å²) >= 11 is 3.71. The molecular formula is C17H16S2. The van der Waals surface area contributed by atoms with Gasteiger partial charge in [0, 0.05) is 9.79 Å². The molecule has 0 spiro atoms. The van der Waals surface area contributed by atoms with E-state index in [0.29, 0.717) is 0 Å². The summed E-state index contributed by atoms with van der Waals surface area (Å²) in [7, 11) is 0. The van der Waals surface area contributed by atoms with Crippen LogP contribution in [-0.4, -0.2) is 12.5 Å². The van der Waals surface area contributed by atoms with Crippen molar-refractivity contribution in [2.75, 3.05) is 12.5 Å². The highest BCUT2D eigenvalue weighted by atomic mass is 32.2. The number of fused-ring (bicyclic) bond motifs is 3. The van der Waals surface area contributed by atoms with Crippen molar-refractivity contribution in [2.24, 2.45) is 0 Å². The van der Waals surface area contributed by atoms with E-state index in [9.17, 15) is 0 Å². The predicted octanol–water partition coefficient (Wildman–Crippen LogP) is 5.75. The molecule has 3 rings (SSSR count). The van der Waals surface area contributed by atoms with Gasteiger partial charge in [-0.15, -0.1) is 23.5 Å². The van der Waals surface area contributed by atoms with Gasteiger partial charge in [0.25, 0.3) is 0 Å². The van der Waals surface area contributed by atoms with Crippen LogP contribution in [0.5, 0.6) is 0 Å². The van der Waals surface area contributed by atoms with Gasteiger partial charge in [-0.25, -0.2) is 0 Å². The van der Waals surface area contributed by atoms with Crippen LogP contribution in [0.2, 0.25) is 0 Å². The number of aryl methyl sites for hydroxylation is 1. The lowest BCUT2D eigenvalue weighted by atomic mass is 9.99. The van der Waals surface area contributed by atoms with Crippen molar-refractivity contribution in [2.45, 2.75) is 16.7 Å². The van der Waals surface area contributed by atoms with E-state index in [1.807, 2.05) is 23.5 Å². The molecule has 0 radical (unpaired) electrons. The van der Waals surface area contributed by atoms with Gasteiger partial charge in [0.15, 0.2) is 0 Å². The van der Waals surface area contributed by atoms with E-state index in [1.165, 1.54) is 36.9 Å². The minimum absolute atomic E-state index is 1.36. The maximum atomic E-state index is 2.24. The summed E-state index contributed by atoms with van der Waals surface area (Å²) in [6.07, 6.45) is 4.35. The van der Waals surface area contributed by atoms with Gasteiger partial charge in [-0.3, -0.25) is 0 Å². The maximum Gasteiger partial charge on any atom is 0.0293 e. The Morgan fingerprint density at radius 1 is 0.684 bits per heavy atom. The average molecular weight is 284 g/mol. The molecule has 0 aromatic heterocycles. The van der Waals surface area contributed by atoms with E-state index in [0.717, 1.165) is 0 Å². The monoisotopic (exact) mass is 284 g/mol. The van der Waals surface area contributed by atoms with E-state index in [4.69, 9.17) is 0 Å². The Morgan fingerprint density at radius 3 is 2.00 bits per heavy atom. The maximum absolute atomic E-state index is 2.24. The lowest BCUT2D eigenvalue weighted by molar-refractivity contribution is 1.34. The Labute approximate surface area is 122 Å². The Kier molecular flexibility index (Phi) is 3.46. The minimum atomic E-state index is 1.36. The third-order valence-electron chi connectivity index (χ3n) is 3.58. The highest BCUT2D eigenvalue weighted by molar-refractivity contribution is 8.02. The lowest BCUT2D eigenvalue weighted by Crippen LogP contribution is -1.89. The van der Waals surface area contributed by atoms with Crippen molar-refractivity contribution in [3.05, 3.63) is 48.0 Å². The first-order valence-corrected chi connectivity index (χ1v) is 8.75. The van der Waals surface area contributed by atoms with Crippen LogP contribution in [0.3, 0.4) is 0 Å². The number of rotatable bonds is 2. The lowest BCUT2D eigenvalue weighted by Gasteiger charge is -2.16. The molecule has 0 aliphatic heterocycles. The fourth-order valence-electron chi connectivity index (χ4n) is 2.74. The molecule has 0 amide bonds. The van der Waals surface area contributed by atoms with Crippen molar-refractivity contribution in [1.29, 1.82) is 0 Å². The summed E-state index contributed by atoms with van der Waals surface area (Å²) in [6, 6.07) is 15.4. The minimum Gasteiger partial charge on any atom is -0.128 e. The summed E-state index contributed by atoms with van der Waals surface area (Å²) < 4.78 is 0. The smallest absolute Gasteiger partial charge is 0.0293 e. The number of thioether (sulfide) groups is 2. The fraction of sp³-hybridized carbons (Fsp3) is 0.176. The van der Waals surface area contributed by atoms with Crippen LogP contribution in [0.25, 0.3) is 21.5 Å². The molecule has 0 saturated heterocycles. The van der Waals surface area contributed by atoms with E-state index < -0.39 is 0 Å². The topological polar surface area (TPSA) is 0 Å². The summed E-state index contributed by atoms with van der Waals surface area (Å²) in [4.78, 5) is 2.82. The van der Waals surface area contributed by atoms with Crippen LogP contribution < -0.4 is 0 Å². The van der Waals surface area contributed by atoms with Gasteiger partial charge >= 0.3 is 0 Å². The molecule has 96 valence electrons. The summed E-state index contributed by atoms with van der Waals surface area (Å²) in [5.74, 6) is 0. The first kappa shape index (κ1) is 12.9. The van der Waals surface area contributed by atoms with Crippen molar-refractivity contribution >= 4 is 45.1 Å². The van der Waals surface area contributed by atoms with E-state index in [1.54, 1.807) is 0 Å². The molecule has 0 aliphatic carbocycles. The van der Waals surface area contributed by atoms with Gasteiger partial charge in [0.1, 0.15) is 0 Å². The molecule has 0 saturated carbocycles. The normalized spacial score (nSPS) is 11.3. The van der Waals surface area contributed by atoms with Crippen molar-refractivity contribution in [3.63, 3.8) is 0 Å². The fourth-order valence-corrected chi connectivity index (χ4v) is 4.70. The number of benzene rings is 3. The second kappa shape index (κ2) is 5.10. The summed E-state index contributed by atoms with van der Waals surface area (Å²) in [5.41, 5.74) is 1.36. The second-order valence-electron chi connectivity index (χ2n) is 4.61. The highest BCUT2D eigenvalue weighted by Gasteiger charge is 2.14. The van der Waals surface area contributed by atoms with Gasteiger partial charge in [-0.05, 0) is 46.5 Å². The molecule has 0 nitrogen and oxygen atoms in total. The zero-order valence-corrected chi connectivity index (χ0v) is 13.0. The standard InChI is InChI=1S/C17H16S2/c1-11-7-6-10-13-12-8-4-5-9-14(12)16(18-2)17(19-3)15(11)13/h4-10H,1-3H3.